The lowest BCUT2D eigenvalue weighted by Crippen LogP contribution is -2.38. The van der Waals surface area contributed by atoms with Crippen LogP contribution in [-0.2, 0) is 9.53 Å². The second-order valence-electron chi connectivity index (χ2n) is 5.25. The van der Waals surface area contributed by atoms with Crippen molar-refractivity contribution in [1.82, 2.24) is 10.3 Å². The fourth-order valence-electron chi connectivity index (χ4n) is 2.60. The number of hydrogen-bond donors (Lipinski definition) is 2. The number of nitrogens with one attached hydrogen (secondary N) is 1. The molecule has 0 aromatic carbocycles. The molecule has 2 rings (SSSR count). The van der Waals surface area contributed by atoms with Crippen LogP contribution in [0.4, 0.5) is 0 Å². The molecule has 116 valence electrons. The molecule has 1 amide bonds. The van der Waals surface area contributed by atoms with Gasteiger partial charge in [0.25, 0.3) is 5.91 Å². The van der Waals surface area contributed by atoms with Gasteiger partial charge in [0.2, 0.25) is 0 Å². The Labute approximate surface area is 127 Å². The lowest BCUT2D eigenvalue weighted by atomic mass is 9.86. The number of amides is 1. The van der Waals surface area contributed by atoms with E-state index >= 15 is 0 Å². The quantitative estimate of drug-likeness (QED) is 0.862. The van der Waals surface area contributed by atoms with Crippen LogP contribution in [0.1, 0.15) is 33.2 Å². The highest BCUT2D eigenvalue weighted by Gasteiger charge is 2.30. The van der Waals surface area contributed by atoms with E-state index in [4.69, 9.17) is 4.74 Å². The molecule has 0 radical (unpaired) electrons. The van der Waals surface area contributed by atoms with Crippen molar-refractivity contribution in [2.45, 2.75) is 26.7 Å². The van der Waals surface area contributed by atoms with E-state index in [9.17, 15) is 14.7 Å². The third kappa shape index (κ3) is 4.01. The second kappa shape index (κ2) is 7.00. The van der Waals surface area contributed by atoms with Crippen molar-refractivity contribution < 1.29 is 19.4 Å². The SMILES string of the molecule is Cc1nc(C)c(C(=O)NCC(C(=O)O)C2CCOCC2)s1. The molecule has 1 saturated heterocycles. The van der Waals surface area contributed by atoms with Crippen LogP contribution in [0, 0.1) is 25.7 Å². The maximum absolute atomic E-state index is 12.1. The van der Waals surface area contributed by atoms with Gasteiger partial charge < -0.3 is 15.2 Å². The first-order valence-electron chi connectivity index (χ1n) is 7.01. The van der Waals surface area contributed by atoms with Crippen LogP contribution in [0.25, 0.3) is 0 Å². The van der Waals surface area contributed by atoms with Crippen LogP contribution < -0.4 is 5.32 Å². The highest BCUT2D eigenvalue weighted by Crippen LogP contribution is 2.24. The van der Waals surface area contributed by atoms with Gasteiger partial charge in [0.15, 0.2) is 0 Å². The molecule has 21 heavy (non-hydrogen) atoms. The average molecular weight is 312 g/mol. The largest absolute Gasteiger partial charge is 0.481 e. The number of hydrogen-bond acceptors (Lipinski definition) is 5. The summed E-state index contributed by atoms with van der Waals surface area (Å²) in [4.78, 5) is 28.3. The van der Waals surface area contributed by atoms with Gasteiger partial charge in [-0.3, -0.25) is 9.59 Å². The number of carboxylic acid groups (broad SMARTS) is 1. The Balaban J connectivity index is 1.96. The number of aliphatic carboxylic acids is 1. The van der Waals surface area contributed by atoms with E-state index in [1.54, 1.807) is 6.92 Å². The van der Waals surface area contributed by atoms with E-state index in [1.807, 2.05) is 6.92 Å². The van der Waals surface area contributed by atoms with Gasteiger partial charge in [0, 0.05) is 19.8 Å². The number of rotatable bonds is 5. The maximum Gasteiger partial charge on any atom is 0.308 e. The summed E-state index contributed by atoms with van der Waals surface area (Å²) in [6, 6.07) is 0. The van der Waals surface area contributed by atoms with Crippen molar-refractivity contribution in [2.24, 2.45) is 11.8 Å². The molecular weight excluding hydrogens is 292 g/mol. The maximum atomic E-state index is 12.1. The van der Waals surface area contributed by atoms with E-state index in [1.165, 1.54) is 11.3 Å². The molecule has 1 fully saturated rings. The van der Waals surface area contributed by atoms with Gasteiger partial charge in [-0.15, -0.1) is 11.3 Å². The summed E-state index contributed by atoms with van der Waals surface area (Å²) in [6.07, 6.45) is 1.46. The Morgan fingerprint density at radius 1 is 1.43 bits per heavy atom. The van der Waals surface area contributed by atoms with Crippen molar-refractivity contribution in [2.75, 3.05) is 19.8 Å². The van der Waals surface area contributed by atoms with E-state index in [0.717, 1.165) is 17.8 Å². The van der Waals surface area contributed by atoms with Crippen molar-refractivity contribution in [3.8, 4) is 0 Å². The summed E-state index contributed by atoms with van der Waals surface area (Å²) < 4.78 is 5.26. The van der Waals surface area contributed by atoms with Crippen LogP contribution in [0.5, 0.6) is 0 Å². The first kappa shape index (κ1) is 15.9. The lowest BCUT2D eigenvalue weighted by Gasteiger charge is -2.27. The molecule has 1 aliphatic rings. The Morgan fingerprint density at radius 2 is 2.10 bits per heavy atom. The molecule has 7 heteroatoms. The Kier molecular flexibility index (Phi) is 5.30. The van der Waals surface area contributed by atoms with Crippen LogP contribution in [0.15, 0.2) is 0 Å². The van der Waals surface area contributed by atoms with Gasteiger partial charge in [0.05, 0.1) is 16.6 Å². The molecule has 0 spiro atoms. The van der Waals surface area contributed by atoms with Crippen LogP contribution in [0.2, 0.25) is 0 Å². The molecule has 0 aliphatic carbocycles. The Morgan fingerprint density at radius 3 is 2.62 bits per heavy atom. The van der Waals surface area contributed by atoms with Crippen LogP contribution in [0.3, 0.4) is 0 Å². The molecular formula is C14H20N2O4S. The van der Waals surface area contributed by atoms with E-state index in [0.29, 0.717) is 23.8 Å². The molecule has 0 bridgehead atoms. The van der Waals surface area contributed by atoms with Gasteiger partial charge in [-0.05, 0) is 32.6 Å². The molecule has 0 saturated carbocycles. The number of aryl methyl sites for hydroxylation is 2. The van der Waals surface area contributed by atoms with Gasteiger partial charge in [0.1, 0.15) is 4.88 Å². The molecule has 1 aromatic heterocycles. The van der Waals surface area contributed by atoms with Crippen molar-refractivity contribution in [3.63, 3.8) is 0 Å². The zero-order valence-electron chi connectivity index (χ0n) is 12.2. The third-order valence-electron chi connectivity index (χ3n) is 3.74. The van der Waals surface area contributed by atoms with Crippen molar-refractivity contribution >= 4 is 23.2 Å². The fraction of sp³-hybridized carbons (Fsp3) is 0.643. The number of carboxylic acids is 1. The third-order valence-corrected chi connectivity index (χ3v) is 4.82. The first-order valence-corrected chi connectivity index (χ1v) is 7.83. The predicted octanol–water partition coefficient (Wildman–Crippen LogP) is 1.62. The highest BCUT2D eigenvalue weighted by molar-refractivity contribution is 7.13. The zero-order valence-corrected chi connectivity index (χ0v) is 13.0. The van der Waals surface area contributed by atoms with Gasteiger partial charge >= 0.3 is 5.97 Å². The number of nitrogens with zero attached hydrogens (tertiary/aromatic N) is 1. The number of aromatic nitrogens is 1. The monoisotopic (exact) mass is 312 g/mol. The molecule has 2 heterocycles. The number of carbonyl (C=O) groups excluding carboxylic acids is 1. The fourth-order valence-corrected chi connectivity index (χ4v) is 3.43. The zero-order chi connectivity index (χ0) is 15.4. The van der Waals surface area contributed by atoms with Crippen LogP contribution in [-0.4, -0.2) is 41.7 Å². The smallest absolute Gasteiger partial charge is 0.308 e. The number of ether oxygens (including phenoxy) is 1. The Bertz CT molecular complexity index is 523. The normalized spacial score (nSPS) is 17.4. The molecule has 2 N–H and O–H groups in total. The first-order chi connectivity index (χ1) is 9.99. The van der Waals surface area contributed by atoms with E-state index < -0.39 is 11.9 Å². The minimum Gasteiger partial charge on any atom is -0.481 e. The summed E-state index contributed by atoms with van der Waals surface area (Å²) in [6.45, 7) is 4.96. The summed E-state index contributed by atoms with van der Waals surface area (Å²) in [5.74, 6) is -1.61. The summed E-state index contributed by atoms with van der Waals surface area (Å²) in [5.41, 5.74) is 0.688. The summed E-state index contributed by atoms with van der Waals surface area (Å²) >= 11 is 1.33. The highest BCUT2D eigenvalue weighted by atomic mass is 32.1. The molecule has 1 aromatic rings. The van der Waals surface area contributed by atoms with Gasteiger partial charge in [-0.2, -0.15) is 0 Å². The Hall–Kier alpha value is -1.47. The summed E-state index contributed by atoms with van der Waals surface area (Å²) in [7, 11) is 0. The lowest BCUT2D eigenvalue weighted by molar-refractivity contribution is -0.144. The summed E-state index contributed by atoms with van der Waals surface area (Å²) in [5, 5.41) is 12.9. The molecule has 1 atom stereocenters. The average Bonchev–Trinajstić information content (AvgIpc) is 2.78. The van der Waals surface area contributed by atoms with E-state index in [-0.39, 0.29) is 18.4 Å². The standard InChI is InChI=1S/C14H20N2O4S/c1-8-12(21-9(2)16-8)13(17)15-7-11(14(18)19)10-3-5-20-6-4-10/h10-11H,3-7H2,1-2H3,(H,15,17)(H,18,19). The molecule has 1 aliphatic heterocycles. The topological polar surface area (TPSA) is 88.5 Å². The van der Waals surface area contributed by atoms with Gasteiger partial charge in [-0.1, -0.05) is 0 Å². The number of carbonyl (C=O) groups is 2. The second-order valence-corrected chi connectivity index (χ2v) is 6.46. The van der Waals surface area contributed by atoms with Crippen molar-refractivity contribution in [3.05, 3.63) is 15.6 Å². The minimum absolute atomic E-state index is 0.0563. The number of thiazole rings is 1. The van der Waals surface area contributed by atoms with E-state index in [2.05, 4.69) is 10.3 Å². The molecule has 6 nitrogen and oxygen atoms in total. The molecule has 1 unspecified atom stereocenters. The van der Waals surface area contributed by atoms with Crippen molar-refractivity contribution in [1.29, 1.82) is 0 Å². The predicted molar refractivity (Wildman–Crippen MR) is 78.6 cm³/mol. The van der Waals surface area contributed by atoms with Gasteiger partial charge in [-0.25, -0.2) is 4.98 Å². The minimum atomic E-state index is -0.862. The van der Waals surface area contributed by atoms with Crippen LogP contribution >= 0.6 is 11.3 Å².